The van der Waals surface area contributed by atoms with Crippen molar-refractivity contribution in [2.24, 2.45) is 0 Å². The van der Waals surface area contributed by atoms with E-state index in [-0.39, 0.29) is 6.10 Å². The molecule has 0 saturated heterocycles. The molecule has 0 saturated carbocycles. The molecule has 56 valence electrons. The summed E-state index contributed by atoms with van der Waals surface area (Å²) in [4.78, 5) is 0. The van der Waals surface area contributed by atoms with E-state index in [9.17, 15) is 0 Å². The number of thiophene rings is 1. The van der Waals surface area contributed by atoms with Crippen LogP contribution in [-0.4, -0.2) is 11.2 Å². The zero-order valence-corrected chi connectivity index (χ0v) is 7.11. The van der Waals surface area contributed by atoms with Crippen LogP contribution >= 0.6 is 11.3 Å². The van der Waals surface area contributed by atoms with Gasteiger partial charge in [0.05, 0.1) is 6.10 Å². The van der Waals surface area contributed by atoms with E-state index in [1.165, 1.54) is 11.1 Å². The monoisotopic (exact) mass is 156 g/mol. The molecular formula is C8H12OS. The number of aryl methyl sites for hydroxylation is 1. The first-order valence-electron chi connectivity index (χ1n) is 3.40. The average Bonchev–Trinajstić information content (AvgIpc) is 2.15. The van der Waals surface area contributed by atoms with E-state index < -0.39 is 0 Å². The second-order valence-electron chi connectivity index (χ2n) is 2.63. The van der Waals surface area contributed by atoms with Gasteiger partial charge in [-0.2, -0.15) is 11.3 Å². The van der Waals surface area contributed by atoms with Crippen molar-refractivity contribution in [1.82, 2.24) is 0 Å². The molecule has 1 rings (SSSR count). The maximum absolute atomic E-state index is 9.05. The molecule has 0 radical (unpaired) electrons. The minimum atomic E-state index is -0.215. The predicted molar refractivity (Wildman–Crippen MR) is 44.4 cm³/mol. The van der Waals surface area contributed by atoms with Crippen LogP contribution in [0.15, 0.2) is 10.8 Å². The van der Waals surface area contributed by atoms with E-state index in [0.29, 0.717) is 0 Å². The largest absolute Gasteiger partial charge is 0.393 e. The van der Waals surface area contributed by atoms with Gasteiger partial charge in [0.1, 0.15) is 0 Å². The van der Waals surface area contributed by atoms with Crippen molar-refractivity contribution in [2.75, 3.05) is 0 Å². The summed E-state index contributed by atoms with van der Waals surface area (Å²) in [6.45, 7) is 3.89. The Morgan fingerprint density at radius 3 is 2.70 bits per heavy atom. The van der Waals surface area contributed by atoms with Gasteiger partial charge in [-0.05, 0) is 42.2 Å². The van der Waals surface area contributed by atoms with Crippen LogP contribution in [0.1, 0.15) is 18.1 Å². The molecular weight excluding hydrogens is 144 g/mol. The highest BCUT2D eigenvalue weighted by molar-refractivity contribution is 7.08. The number of hydrogen-bond acceptors (Lipinski definition) is 2. The third kappa shape index (κ3) is 1.82. The summed E-state index contributed by atoms with van der Waals surface area (Å²) < 4.78 is 0. The Kier molecular flexibility index (Phi) is 2.46. The maximum atomic E-state index is 9.05. The van der Waals surface area contributed by atoms with Crippen LogP contribution in [0.25, 0.3) is 0 Å². The van der Waals surface area contributed by atoms with Crippen molar-refractivity contribution >= 4 is 11.3 Å². The van der Waals surface area contributed by atoms with E-state index in [1.807, 2.05) is 6.92 Å². The maximum Gasteiger partial charge on any atom is 0.0552 e. The highest BCUT2D eigenvalue weighted by Gasteiger charge is 2.01. The molecule has 1 aromatic heterocycles. The van der Waals surface area contributed by atoms with Crippen molar-refractivity contribution in [1.29, 1.82) is 0 Å². The predicted octanol–water partition coefficient (Wildman–Crippen LogP) is 1.98. The molecule has 0 aliphatic heterocycles. The van der Waals surface area contributed by atoms with Crippen LogP contribution in [0.2, 0.25) is 0 Å². The fraction of sp³-hybridized carbons (Fsp3) is 0.500. The molecule has 2 heteroatoms. The molecule has 1 atom stereocenters. The molecule has 1 aromatic rings. The Morgan fingerprint density at radius 1 is 1.60 bits per heavy atom. The lowest BCUT2D eigenvalue weighted by Crippen LogP contribution is -2.03. The van der Waals surface area contributed by atoms with Gasteiger partial charge in [-0.1, -0.05) is 0 Å². The molecule has 0 bridgehead atoms. The molecule has 0 aliphatic rings. The quantitative estimate of drug-likeness (QED) is 0.694. The normalized spacial score (nSPS) is 13.5. The topological polar surface area (TPSA) is 20.2 Å². The van der Waals surface area contributed by atoms with Crippen molar-refractivity contribution in [3.63, 3.8) is 0 Å². The molecule has 0 unspecified atom stereocenters. The minimum absolute atomic E-state index is 0.215. The van der Waals surface area contributed by atoms with Crippen LogP contribution in [0.4, 0.5) is 0 Å². The molecule has 1 nitrogen and oxygen atoms in total. The van der Waals surface area contributed by atoms with Gasteiger partial charge in [0, 0.05) is 0 Å². The highest BCUT2D eigenvalue weighted by Crippen LogP contribution is 2.15. The summed E-state index contributed by atoms with van der Waals surface area (Å²) in [5, 5.41) is 13.3. The highest BCUT2D eigenvalue weighted by atomic mass is 32.1. The van der Waals surface area contributed by atoms with Crippen molar-refractivity contribution in [3.8, 4) is 0 Å². The Hall–Kier alpha value is -0.340. The first-order chi connectivity index (χ1) is 4.70. The number of aliphatic hydroxyl groups is 1. The summed E-state index contributed by atoms with van der Waals surface area (Å²) in [5.74, 6) is 0. The van der Waals surface area contributed by atoms with Gasteiger partial charge in [-0.25, -0.2) is 0 Å². The molecule has 0 fully saturated rings. The third-order valence-corrected chi connectivity index (χ3v) is 2.39. The first kappa shape index (κ1) is 7.76. The van der Waals surface area contributed by atoms with E-state index in [1.54, 1.807) is 11.3 Å². The molecule has 1 heterocycles. The van der Waals surface area contributed by atoms with Crippen LogP contribution < -0.4 is 0 Å². The lowest BCUT2D eigenvalue weighted by molar-refractivity contribution is 0.195. The fourth-order valence-corrected chi connectivity index (χ4v) is 1.78. The van der Waals surface area contributed by atoms with Gasteiger partial charge in [0.15, 0.2) is 0 Å². The molecule has 1 N–H and O–H groups in total. The molecule has 10 heavy (non-hydrogen) atoms. The summed E-state index contributed by atoms with van der Waals surface area (Å²) >= 11 is 1.70. The zero-order valence-electron chi connectivity index (χ0n) is 6.29. The van der Waals surface area contributed by atoms with Crippen molar-refractivity contribution < 1.29 is 5.11 Å². The standard InChI is InChI=1S/C8H12OS/c1-6-4-10-5-8(6)3-7(2)9/h4-5,7,9H,3H2,1-2H3/t7-/m1/s1. The summed E-state index contributed by atoms with van der Waals surface area (Å²) in [6.07, 6.45) is 0.572. The Bertz CT molecular complexity index is 203. The summed E-state index contributed by atoms with van der Waals surface area (Å²) in [6, 6.07) is 0. The lowest BCUT2D eigenvalue weighted by Gasteiger charge is -2.01. The van der Waals surface area contributed by atoms with Crippen molar-refractivity contribution in [2.45, 2.75) is 26.4 Å². The zero-order chi connectivity index (χ0) is 7.56. The minimum Gasteiger partial charge on any atom is -0.393 e. The van der Waals surface area contributed by atoms with E-state index in [4.69, 9.17) is 5.11 Å². The van der Waals surface area contributed by atoms with Gasteiger partial charge in [0.2, 0.25) is 0 Å². The Balaban J connectivity index is 2.65. The van der Waals surface area contributed by atoms with Crippen LogP contribution in [-0.2, 0) is 6.42 Å². The van der Waals surface area contributed by atoms with Gasteiger partial charge < -0.3 is 5.11 Å². The second kappa shape index (κ2) is 3.17. The lowest BCUT2D eigenvalue weighted by atomic mass is 10.1. The second-order valence-corrected chi connectivity index (χ2v) is 3.38. The van der Waals surface area contributed by atoms with E-state index >= 15 is 0 Å². The van der Waals surface area contributed by atoms with E-state index in [2.05, 4.69) is 17.7 Å². The molecule has 0 spiro atoms. The average molecular weight is 156 g/mol. The number of rotatable bonds is 2. The van der Waals surface area contributed by atoms with Crippen LogP contribution in [0, 0.1) is 6.92 Å². The van der Waals surface area contributed by atoms with Gasteiger partial charge in [-0.15, -0.1) is 0 Å². The van der Waals surface area contributed by atoms with E-state index in [0.717, 1.165) is 6.42 Å². The smallest absolute Gasteiger partial charge is 0.0552 e. The van der Waals surface area contributed by atoms with Crippen LogP contribution in [0.5, 0.6) is 0 Å². The van der Waals surface area contributed by atoms with Gasteiger partial charge in [-0.3, -0.25) is 0 Å². The number of aliphatic hydroxyl groups excluding tert-OH is 1. The third-order valence-electron chi connectivity index (χ3n) is 1.48. The van der Waals surface area contributed by atoms with Crippen LogP contribution in [0.3, 0.4) is 0 Å². The Morgan fingerprint density at radius 2 is 2.30 bits per heavy atom. The SMILES string of the molecule is Cc1cscc1C[C@@H](C)O. The fourth-order valence-electron chi connectivity index (χ4n) is 0.914. The molecule has 0 amide bonds. The van der Waals surface area contributed by atoms with Crippen molar-refractivity contribution in [3.05, 3.63) is 21.9 Å². The molecule has 0 aromatic carbocycles. The first-order valence-corrected chi connectivity index (χ1v) is 4.34. The van der Waals surface area contributed by atoms with Gasteiger partial charge in [0.25, 0.3) is 0 Å². The van der Waals surface area contributed by atoms with Gasteiger partial charge >= 0.3 is 0 Å². The summed E-state index contributed by atoms with van der Waals surface area (Å²) in [7, 11) is 0. The summed E-state index contributed by atoms with van der Waals surface area (Å²) in [5.41, 5.74) is 2.57. The number of hydrogen-bond donors (Lipinski definition) is 1. The Labute approximate surface area is 65.3 Å². The molecule has 0 aliphatic carbocycles.